The third-order valence-electron chi connectivity index (χ3n) is 4.16. The number of hydrogen-bond acceptors (Lipinski definition) is 3. The minimum atomic E-state index is 0.0368. The molecule has 2 aromatic rings. The topological polar surface area (TPSA) is 36.1 Å². The van der Waals surface area contributed by atoms with Crippen molar-refractivity contribution in [1.82, 2.24) is 9.88 Å². The molecule has 0 unspecified atom stereocenters. The van der Waals surface area contributed by atoms with E-state index in [0.717, 1.165) is 35.8 Å². The average molecular weight is 318 g/mol. The van der Waals surface area contributed by atoms with Gasteiger partial charge in [-0.05, 0) is 56.1 Å². The van der Waals surface area contributed by atoms with Gasteiger partial charge in [0.05, 0.1) is 5.69 Å². The number of nitrogens with one attached hydrogen (secondary N) is 1. The molecular weight excluding hydrogens is 292 g/mol. The van der Waals surface area contributed by atoms with Crippen LogP contribution in [0.3, 0.4) is 0 Å². The number of rotatable bonds is 7. The first-order chi connectivity index (χ1) is 10.5. The van der Waals surface area contributed by atoms with E-state index in [9.17, 15) is 4.79 Å². The van der Waals surface area contributed by atoms with Gasteiger partial charge in [-0.25, -0.2) is 0 Å². The zero-order chi connectivity index (χ0) is 16.1. The highest BCUT2D eigenvalue weighted by Crippen LogP contribution is 2.26. The predicted octanol–water partition coefficient (Wildman–Crippen LogP) is 4.34. The maximum absolute atomic E-state index is 11.9. The molecule has 0 fully saturated rings. The summed E-state index contributed by atoms with van der Waals surface area (Å²) in [7, 11) is 0. The second kappa shape index (κ2) is 7.75. The van der Waals surface area contributed by atoms with Crippen molar-refractivity contribution in [3.8, 4) is 11.3 Å². The Labute approximate surface area is 137 Å². The molecule has 22 heavy (non-hydrogen) atoms. The first-order valence-electron chi connectivity index (χ1n) is 8.07. The fourth-order valence-electron chi connectivity index (χ4n) is 2.54. The summed E-state index contributed by atoms with van der Waals surface area (Å²) in [5.74, 6) is 0. The fraction of sp³-hybridized carbons (Fsp3) is 0.500. The number of thiazole rings is 1. The molecule has 0 saturated heterocycles. The van der Waals surface area contributed by atoms with E-state index in [2.05, 4.69) is 55.8 Å². The Balaban J connectivity index is 2.29. The summed E-state index contributed by atoms with van der Waals surface area (Å²) in [4.78, 5) is 18.5. The Morgan fingerprint density at radius 2 is 1.95 bits per heavy atom. The lowest BCUT2D eigenvalue weighted by atomic mass is 10.0. The number of aromatic amines is 1. The van der Waals surface area contributed by atoms with E-state index < -0.39 is 0 Å². The Hall–Kier alpha value is -1.39. The fourth-order valence-corrected chi connectivity index (χ4v) is 3.43. The van der Waals surface area contributed by atoms with Crippen molar-refractivity contribution in [1.29, 1.82) is 0 Å². The van der Waals surface area contributed by atoms with Crippen molar-refractivity contribution in [3.05, 3.63) is 43.9 Å². The summed E-state index contributed by atoms with van der Waals surface area (Å²) < 4.78 is 0. The lowest BCUT2D eigenvalue weighted by molar-refractivity contribution is 0.278. The molecule has 0 radical (unpaired) electrons. The van der Waals surface area contributed by atoms with E-state index in [4.69, 9.17) is 0 Å². The quantitative estimate of drug-likeness (QED) is 0.824. The molecule has 0 aliphatic heterocycles. The van der Waals surface area contributed by atoms with Crippen molar-refractivity contribution < 1.29 is 0 Å². The lowest BCUT2D eigenvalue weighted by Gasteiger charge is -2.19. The van der Waals surface area contributed by atoms with Crippen LogP contribution in [0.15, 0.2) is 23.0 Å². The summed E-state index contributed by atoms with van der Waals surface area (Å²) in [5.41, 5.74) is 4.64. The monoisotopic (exact) mass is 318 g/mol. The molecule has 0 spiro atoms. The highest BCUT2D eigenvalue weighted by molar-refractivity contribution is 7.09. The molecule has 0 aliphatic carbocycles. The highest BCUT2D eigenvalue weighted by Gasteiger charge is 2.14. The number of benzene rings is 1. The van der Waals surface area contributed by atoms with Crippen LogP contribution < -0.4 is 4.87 Å². The van der Waals surface area contributed by atoms with Crippen LogP contribution >= 0.6 is 11.3 Å². The summed E-state index contributed by atoms with van der Waals surface area (Å²) in [6.45, 7) is 11.6. The van der Waals surface area contributed by atoms with Gasteiger partial charge in [-0.15, -0.1) is 0 Å². The molecule has 2 rings (SSSR count). The van der Waals surface area contributed by atoms with Crippen LogP contribution in [0.1, 0.15) is 42.7 Å². The largest absolute Gasteiger partial charge is 0.312 e. The summed E-state index contributed by atoms with van der Waals surface area (Å²) >= 11 is 1.34. The summed E-state index contributed by atoms with van der Waals surface area (Å²) in [6, 6.07) is 6.39. The lowest BCUT2D eigenvalue weighted by Crippen LogP contribution is -2.23. The van der Waals surface area contributed by atoms with E-state index in [-0.39, 0.29) is 4.87 Å². The molecule has 4 heteroatoms. The Morgan fingerprint density at radius 1 is 1.18 bits per heavy atom. The molecule has 3 nitrogen and oxygen atoms in total. The van der Waals surface area contributed by atoms with E-state index in [1.54, 1.807) is 0 Å². The average Bonchev–Trinajstić information content (AvgIpc) is 2.87. The molecule has 0 amide bonds. The van der Waals surface area contributed by atoms with Gasteiger partial charge in [0.25, 0.3) is 0 Å². The van der Waals surface area contributed by atoms with Crippen molar-refractivity contribution in [2.45, 2.75) is 47.1 Å². The molecule has 0 bridgehead atoms. The molecular formula is C18H26N2OS. The molecule has 120 valence electrons. The van der Waals surface area contributed by atoms with E-state index >= 15 is 0 Å². The maximum atomic E-state index is 11.9. The number of nitrogens with zero attached hydrogens (tertiary/aromatic N) is 1. The van der Waals surface area contributed by atoms with Crippen LogP contribution in [0.5, 0.6) is 0 Å². The number of hydrogen-bond donors (Lipinski definition) is 1. The van der Waals surface area contributed by atoms with Crippen LogP contribution in [0.25, 0.3) is 11.3 Å². The molecule has 1 heterocycles. The van der Waals surface area contributed by atoms with Crippen molar-refractivity contribution in [2.75, 3.05) is 13.1 Å². The van der Waals surface area contributed by atoms with Crippen molar-refractivity contribution in [2.24, 2.45) is 0 Å². The summed E-state index contributed by atoms with van der Waals surface area (Å²) in [5, 5.41) is 0. The first kappa shape index (κ1) is 17.0. The van der Waals surface area contributed by atoms with Crippen molar-refractivity contribution >= 4 is 11.3 Å². The minimum absolute atomic E-state index is 0.0368. The molecule has 0 atom stereocenters. The van der Waals surface area contributed by atoms with Gasteiger partial charge in [0.2, 0.25) is 0 Å². The maximum Gasteiger partial charge on any atom is 0.305 e. The zero-order valence-corrected chi connectivity index (χ0v) is 14.8. The number of unbranched alkanes of at least 4 members (excludes halogenated alkanes) is 1. The van der Waals surface area contributed by atoms with Gasteiger partial charge in [-0.3, -0.25) is 9.69 Å². The standard InChI is InChI=1S/C18H26N2OS/c1-5-7-10-20(6-2)12-16-17(19-18(21)22-16)15-9-8-13(3)14(4)11-15/h8-9,11H,5-7,10,12H2,1-4H3,(H,19,21). The number of aryl methyl sites for hydroxylation is 2. The second-order valence-electron chi connectivity index (χ2n) is 5.83. The van der Waals surface area contributed by atoms with Gasteiger partial charge in [-0.1, -0.05) is 43.7 Å². The van der Waals surface area contributed by atoms with Crippen LogP contribution in [-0.4, -0.2) is 23.0 Å². The smallest absolute Gasteiger partial charge is 0.305 e. The zero-order valence-electron chi connectivity index (χ0n) is 14.0. The van der Waals surface area contributed by atoms with Gasteiger partial charge in [0.15, 0.2) is 0 Å². The molecule has 1 N–H and O–H groups in total. The van der Waals surface area contributed by atoms with Crippen LogP contribution in [0.2, 0.25) is 0 Å². The van der Waals surface area contributed by atoms with Gasteiger partial charge < -0.3 is 4.98 Å². The number of aromatic nitrogens is 1. The Kier molecular flexibility index (Phi) is 5.98. The second-order valence-corrected chi connectivity index (χ2v) is 6.90. The Morgan fingerprint density at radius 3 is 2.59 bits per heavy atom. The van der Waals surface area contributed by atoms with Gasteiger partial charge in [0.1, 0.15) is 0 Å². The number of H-pyrrole nitrogens is 1. The first-order valence-corrected chi connectivity index (χ1v) is 8.88. The third kappa shape index (κ3) is 4.08. The third-order valence-corrected chi connectivity index (χ3v) is 5.03. The van der Waals surface area contributed by atoms with E-state index in [0.29, 0.717) is 0 Å². The Bertz CT molecular complexity index is 672. The molecule has 1 aromatic heterocycles. The SMILES string of the molecule is CCCCN(CC)Cc1sc(=O)[nH]c1-c1ccc(C)c(C)c1. The molecule has 0 saturated carbocycles. The highest BCUT2D eigenvalue weighted by atomic mass is 32.1. The van der Waals surface area contributed by atoms with Gasteiger partial charge in [-0.2, -0.15) is 0 Å². The summed E-state index contributed by atoms with van der Waals surface area (Å²) in [6.07, 6.45) is 2.40. The van der Waals surface area contributed by atoms with Crippen LogP contribution in [0.4, 0.5) is 0 Å². The molecule has 0 aliphatic rings. The van der Waals surface area contributed by atoms with Crippen LogP contribution in [0, 0.1) is 13.8 Å². The minimum Gasteiger partial charge on any atom is -0.312 e. The normalized spacial score (nSPS) is 11.3. The van der Waals surface area contributed by atoms with Crippen LogP contribution in [-0.2, 0) is 6.54 Å². The predicted molar refractivity (Wildman–Crippen MR) is 95.7 cm³/mol. The van der Waals surface area contributed by atoms with Crippen molar-refractivity contribution in [3.63, 3.8) is 0 Å². The van der Waals surface area contributed by atoms with E-state index in [1.807, 2.05) is 0 Å². The van der Waals surface area contributed by atoms with E-state index in [1.165, 1.54) is 35.3 Å². The van der Waals surface area contributed by atoms with Gasteiger partial charge >= 0.3 is 4.87 Å². The van der Waals surface area contributed by atoms with Gasteiger partial charge in [0, 0.05) is 11.4 Å². The molecule has 1 aromatic carbocycles.